The first kappa shape index (κ1) is 23.1. The van der Waals surface area contributed by atoms with Gasteiger partial charge in [-0.25, -0.2) is 9.97 Å². The number of aromatic nitrogens is 5. The monoisotopic (exact) mass is 487 g/mol. The summed E-state index contributed by atoms with van der Waals surface area (Å²) in [6.45, 7) is 9.26. The fraction of sp³-hybridized carbons (Fsp3) is 0.500. The van der Waals surface area contributed by atoms with Crippen LogP contribution < -0.4 is 15.1 Å². The smallest absolute Gasteiger partial charge is 0.260 e. The summed E-state index contributed by atoms with van der Waals surface area (Å²) in [6.07, 6.45) is 1.94. The zero-order valence-corrected chi connectivity index (χ0v) is 21.5. The van der Waals surface area contributed by atoms with Gasteiger partial charge in [-0.05, 0) is 52.6 Å². The molecule has 188 valence electrons. The molecule has 3 aliphatic rings. The summed E-state index contributed by atoms with van der Waals surface area (Å²) in [5.74, 6) is 3.22. The van der Waals surface area contributed by atoms with Gasteiger partial charge in [0.1, 0.15) is 23.2 Å². The molecular weight excluding hydrogens is 454 g/mol. The van der Waals surface area contributed by atoms with E-state index < -0.39 is 0 Å². The molecule has 0 saturated carbocycles. The lowest BCUT2D eigenvalue weighted by Crippen LogP contribution is -2.45. The number of nitrogens with one attached hydrogen (secondary N) is 1. The van der Waals surface area contributed by atoms with Crippen molar-refractivity contribution >= 4 is 17.5 Å². The first-order chi connectivity index (χ1) is 17.4. The van der Waals surface area contributed by atoms with E-state index in [4.69, 9.17) is 9.97 Å². The van der Waals surface area contributed by atoms with E-state index in [1.54, 1.807) is 4.90 Å². The summed E-state index contributed by atoms with van der Waals surface area (Å²) >= 11 is 0. The van der Waals surface area contributed by atoms with E-state index in [-0.39, 0.29) is 11.4 Å². The van der Waals surface area contributed by atoms with Crippen LogP contribution in [0.15, 0.2) is 24.3 Å². The minimum Gasteiger partial charge on any atom is -0.354 e. The molecule has 3 aromatic heterocycles. The molecule has 0 unspecified atom stereocenters. The second-order valence-corrected chi connectivity index (χ2v) is 10.6. The molecule has 10 nitrogen and oxygen atoms in total. The van der Waals surface area contributed by atoms with Crippen molar-refractivity contribution < 1.29 is 4.79 Å². The van der Waals surface area contributed by atoms with E-state index in [9.17, 15) is 4.79 Å². The van der Waals surface area contributed by atoms with Crippen LogP contribution in [0.25, 0.3) is 11.5 Å². The second kappa shape index (κ2) is 8.63. The van der Waals surface area contributed by atoms with Gasteiger partial charge in [0.15, 0.2) is 5.82 Å². The maximum atomic E-state index is 13.7. The largest absolute Gasteiger partial charge is 0.354 e. The highest BCUT2D eigenvalue weighted by Crippen LogP contribution is 2.36. The highest BCUT2D eigenvalue weighted by atomic mass is 16.2. The molecule has 10 heteroatoms. The number of piperazine rings is 1. The van der Waals surface area contributed by atoms with Crippen molar-refractivity contribution in [1.82, 2.24) is 34.9 Å². The molecule has 0 atom stereocenters. The Morgan fingerprint density at radius 3 is 2.64 bits per heavy atom. The van der Waals surface area contributed by atoms with Crippen LogP contribution in [0.5, 0.6) is 0 Å². The van der Waals surface area contributed by atoms with Crippen LogP contribution in [0, 0.1) is 0 Å². The van der Waals surface area contributed by atoms with E-state index in [2.05, 4.69) is 50.8 Å². The first-order valence-corrected chi connectivity index (χ1v) is 12.7. The van der Waals surface area contributed by atoms with Crippen LogP contribution in [-0.2, 0) is 25.0 Å². The molecule has 6 rings (SSSR count). The number of amides is 1. The normalized spacial score (nSPS) is 19.2. The lowest BCUT2D eigenvalue weighted by Gasteiger charge is -2.33. The fourth-order valence-electron chi connectivity index (χ4n) is 5.56. The van der Waals surface area contributed by atoms with Gasteiger partial charge in [0.2, 0.25) is 0 Å². The highest BCUT2D eigenvalue weighted by molar-refractivity contribution is 6.10. The highest BCUT2D eigenvalue weighted by Gasteiger charge is 2.36. The third kappa shape index (κ3) is 3.75. The number of likely N-dealkylation sites (N-methyl/N-ethyl adjacent to an activating group) is 1. The molecule has 1 N–H and O–H groups in total. The third-order valence-corrected chi connectivity index (χ3v) is 7.70. The molecule has 36 heavy (non-hydrogen) atoms. The van der Waals surface area contributed by atoms with Crippen molar-refractivity contribution in [2.75, 3.05) is 50.1 Å². The zero-order chi connectivity index (χ0) is 25.0. The number of anilines is 2. The minimum absolute atomic E-state index is 0.0309. The fourth-order valence-corrected chi connectivity index (χ4v) is 5.56. The summed E-state index contributed by atoms with van der Waals surface area (Å²) in [4.78, 5) is 29.9. The number of carbonyl (C=O) groups excluding carboxylic acids is 1. The summed E-state index contributed by atoms with van der Waals surface area (Å²) in [6, 6.07) is 7.76. The molecular formula is C26H33N9O. The zero-order valence-electron chi connectivity index (χ0n) is 21.5. The molecule has 3 aliphatic heterocycles. The molecule has 0 bridgehead atoms. The van der Waals surface area contributed by atoms with E-state index in [1.165, 1.54) is 0 Å². The van der Waals surface area contributed by atoms with Crippen LogP contribution in [0.2, 0.25) is 0 Å². The number of aryl methyl sites for hydroxylation is 1. The molecule has 0 aliphatic carbocycles. The number of hydrogen-bond donors (Lipinski definition) is 1. The van der Waals surface area contributed by atoms with Crippen LogP contribution in [0.1, 0.15) is 47.7 Å². The van der Waals surface area contributed by atoms with Crippen molar-refractivity contribution in [2.24, 2.45) is 0 Å². The molecule has 6 heterocycles. The molecule has 0 radical (unpaired) electrons. The van der Waals surface area contributed by atoms with Crippen molar-refractivity contribution in [3.8, 4) is 11.5 Å². The van der Waals surface area contributed by atoms with Gasteiger partial charge in [-0.2, -0.15) is 0 Å². The third-order valence-electron chi connectivity index (χ3n) is 7.70. The average Bonchev–Trinajstić information content (AvgIpc) is 3.54. The Hall–Kier alpha value is -3.37. The number of hydrogen-bond acceptors (Lipinski definition) is 8. The van der Waals surface area contributed by atoms with Crippen molar-refractivity contribution in [3.05, 3.63) is 46.9 Å². The summed E-state index contributed by atoms with van der Waals surface area (Å²) < 4.78 is 2.19. The van der Waals surface area contributed by atoms with E-state index in [0.717, 1.165) is 79.0 Å². The second-order valence-electron chi connectivity index (χ2n) is 10.6. The molecule has 3 aromatic rings. The van der Waals surface area contributed by atoms with Crippen LogP contribution in [0.3, 0.4) is 0 Å². The maximum absolute atomic E-state index is 13.7. The number of carbonyl (C=O) groups is 1. The summed E-state index contributed by atoms with van der Waals surface area (Å²) in [5, 5.41) is 12.1. The standard InChI is InChI=1S/C26H33N9O/c1-26(2)9-8-22-30-31-24(35(22)26)19-6-5-7-21(28-19)34-16-18-17(25(34)36)14-23(29-20(18)15-27-3)33-12-10-32(4)11-13-33/h5-7,14,27H,8-13,15-16H2,1-4H3. The van der Waals surface area contributed by atoms with Gasteiger partial charge in [0.25, 0.3) is 5.91 Å². The molecule has 0 spiro atoms. The Bertz CT molecular complexity index is 1320. The Kier molecular flexibility index (Phi) is 5.53. The number of rotatable bonds is 5. The average molecular weight is 488 g/mol. The van der Waals surface area contributed by atoms with Gasteiger partial charge in [-0.1, -0.05) is 6.07 Å². The Morgan fingerprint density at radius 2 is 1.86 bits per heavy atom. The topological polar surface area (TPSA) is 95.3 Å². The Balaban J connectivity index is 1.34. The van der Waals surface area contributed by atoms with E-state index in [1.807, 2.05) is 31.3 Å². The molecule has 1 saturated heterocycles. The van der Waals surface area contributed by atoms with Crippen LogP contribution >= 0.6 is 0 Å². The van der Waals surface area contributed by atoms with Gasteiger partial charge in [0.05, 0.1) is 17.8 Å². The van der Waals surface area contributed by atoms with Gasteiger partial charge in [-0.3, -0.25) is 9.69 Å². The van der Waals surface area contributed by atoms with Crippen LogP contribution in [0.4, 0.5) is 11.6 Å². The predicted octanol–water partition coefficient (Wildman–Crippen LogP) is 2.05. The Morgan fingerprint density at radius 1 is 1.06 bits per heavy atom. The summed E-state index contributed by atoms with van der Waals surface area (Å²) in [5.41, 5.74) is 3.30. The number of fused-ring (bicyclic) bond motifs is 2. The van der Waals surface area contributed by atoms with E-state index in [0.29, 0.717) is 18.9 Å². The number of pyridine rings is 2. The minimum atomic E-state index is -0.0566. The van der Waals surface area contributed by atoms with Gasteiger partial charge >= 0.3 is 0 Å². The van der Waals surface area contributed by atoms with Gasteiger partial charge in [-0.15, -0.1) is 10.2 Å². The van der Waals surface area contributed by atoms with Crippen molar-refractivity contribution in [2.45, 2.75) is 45.3 Å². The molecule has 1 amide bonds. The molecule has 0 aromatic carbocycles. The van der Waals surface area contributed by atoms with E-state index >= 15 is 0 Å². The predicted molar refractivity (Wildman–Crippen MR) is 138 cm³/mol. The summed E-state index contributed by atoms with van der Waals surface area (Å²) in [7, 11) is 4.05. The first-order valence-electron chi connectivity index (χ1n) is 12.7. The van der Waals surface area contributed by atoms with Crippen LogP contribution in [-0.4, -0.2) is 75.8 Å². The maximum Gasteiger partial charge on any atom is 0.260 e. The Labute approximate surface area is 211 Å². The quantitative estimate of drug-likeness (QED) is 0.584. The van der Waals surface area contributed by atoms with Gasteiger partial charge in [0, 0.05) is 50.2 Å². The van der Waals surface area contributed by atoms with Gasteiger partial charge < -0.3 is 19.7 Å². The SMILES string of the molecule is CNCc1nc(N2CCN(C)CC2)cc2c1CN(c1cccc(-c3nnc4n3C(C)(C)CC4)n1)C2=O. The lowest BCUT2D eigenvalue weighted by atomic mass is 10.0. The van der Waals surface area contributed by atoms with Crippen molar-refractivity contribution in [1.29, 1.82) is 0 Å². The molecule has 1 fully saturated rings. The number of nitrogens with zero attached hydrogens (tertiary/aromatic N) is 8. The lowest BCUT2D eigenvalue weighted by molar-refractivity contribution is 0.0996. The van der Waals surface area contributed by atoms with Crippen molar-refractivity contribution in [3.63, 3.8) is 0 Å².